The first-order chi connectivity index (χ1) is 10.7. The first-order valence-corrected chi connectivity index (χ1v) is 7.56. The van der Waals surface area contributed by atoms with E-state index in [0.29, 0.717) is 19.6 Å². The van der Waals surface area contributed by atoms with Crippen molar-refractivity contribution in [1.82, 2.24) is 5.32 Å². The number of hydrogen-bond acceptors (Lipinski definition) is 4. The lowest BCUT2D eigenvalue weighted by atomic mass is 9.98. The maximum Gasteiger partial charge on any atom is 0.245 e. The third-order valence-corrected chi connectivity index (χ3v) is 3.72. The second kappa shape index (κ2) is 8.30. The molecule has 0 radical (unpaired) electrons. The van der Waals surface area contributed by atoms with E-state index in [0.717, 1.165) is 18.4 Å². The summed E-state index contributed by atoms with van der Waals surface area (Å²) in [7, 11) is 0. The van der Waals surface area contributed by atoms with E-state index in [1.165, 1.54) is 0 Å². The van der Waals surface area contributed by atoms with E-state index < -0.39 is 11.8 Å². The fourth-order valence-electron chi connectivity index (χ4n) is 2.50. The fourth-order valence-corrected chi connectivity index (χ4v) is 2.50. The molecule has 1 fully saturated rings. The molecule has 1 N–H and O–H groups in total. The van der Waals surface area contributed by atoms with Gasteiger partial charge in [0.05, 0.1) is 12.2 Å². The zero-order chi connectivity index (χ0) is 15.8. The second-order valence-electron chi connectivity index (χ2n) is 5.39. The van der Waals surface area contributed by atoms with Gasteiger partial charge in [0.2, 0.25) is 5.91 Å². The van der Waals surface area contributed by atoms with Gasteiger partial charge >= 0.3 is 0 Å². The lowest BCUT2D eigenvalue weighted by Crippen LogP contribution is -2.36. The number of rotatable bonds is 7. The summed E-state index contributed by atoms with van der Waals surface area (Å²) in [6.45, 7) is 1.06. The Bertz CT molecular complexity index is 545. The fraction of sp³-hybridized carbons (Fsp3) is 0.471. The maximum atomic E-state index is 12.0. The van der Waals surface area contributed by atoms with Crippen LogP contribution in [0.15, 0.2) is 30.3 Å². The third-order valence-electron chi connectivity index (χ3n) is 3.72. The number of nitrogens with one attached hydrogen (secondary N) is 1. The van der Waals surface area contributed by atoms with Gasteiger partial charge in [-0.2, -0.15) is 5.26 Å². The first kappa shape index (κ1) is 16.2. The number of ketones is 1. The molecular weight excluding hydrogens is 280 g/mol. The van der Waals surface area contributed by atoms with E-state index in [-0.39, 0.29) is 18.3 Å². The minimum atomic E-state index is -1.24. The molecule has 5 nitrogen and oxygen atoms in total. The highest BCUT2D eigenvalue weighted by molar-refractivity contribution is 6.04. The number of carbonyl (C=O) groups excluding carboxylic acids is 2. The lowest BCUT2D eigenvalue weighted by molar-refractivity contribution is -0.132. The number of nitriles is 1. The molecule has 0 saturated carbocycles. The number of carbonyl (C=O) groups is 2. The van der Waals surface area contributed by atoms with Crippen molar-refractivity contribution in [2.45, 2.75) is 31.8 Å². The van der Waals surface area contributed by atoms with Crippen molar-refractivity contribution in [2.75, 3.05) is 13.2 Å². The molecular formula is C17H20N2O3. The minimum Gasteiger partial charge on any atom is -0.378 e. The number of Topliss-reactive ketones (excluding diaryl/α,β-unsaturated/α-hetero) is 1. The van der Waals surface area contributed by atoms with Crippen LogP contribution in [-0.2, 0) is 20.7 Å². The minimum absolute atomic E-state index is 0.138. The number of hydrogen-bond donors (Lipinski definition) is 1. The molecule has 1 aromatic carbocycles. The predicted molar refractivity (Wildman–Crippen MR) is 80.9 cm³/mol. The van der Waals surface area contributed by atoms with Crippen molar-refractivity contribution in [3.05, 3.63) is 35.9 Å². The van der Waals surface area contributed by atoms with Gasteiger partial charge in [-0.25, -0.2) is 0 Å². The summed E-state index contributed by atoms with van der Waals surface area (Å²) in [5.41, 5.74) is 1.10. The van der Waals surface area contributed by atoms with Gasteiger partial charge in [-0.3, -0.25) is 9.59 Å². The lowest BCUT2D eigenvalue weighted by Gasteiger charge is -2.12. The van der Waals surface area contributed by atoms with Crippen LogP contribution in [-0.4, -0.2) is 30.9 Å². The zero-order valence-electron chi connectivity index (χ0n) is 12.5. The van der Waals surface area contributed by atoms with Crippen molar-refractivity contribution in [3.63, 3.8) is 0 Å². The molecule has 1 heterocycles. The van der Waals surface area contributed by atoms with Gasteiger partial charge in [0, 0.05) is 19.6 Å². The molecule has 0 aliphatic carbocycles. The Morgan fingerprint density at radius 2 is 2.14 bits per heavy atom. The SMILES string of the molecule is N#C[C@H](C(=O)C[C@@H]1CCCO1)C(=O)NCCc1ccccc1. The van der Waals surface area contributed by atoms with Crippen LogP contribution in [0.5, 0.6) is 0 Å². The Balaban J connectivity index is 1.78. The Kier molecular flexibility index (Phi) is 6.11. The van der Waals surface area contributed by atoms with Crippen molar-refractivity contribution < 1.29 is 14.3 Å². The summed E-state index contributed by atoms with van der Waals surface area (Å²) in [6.07, 6.45) is 2.42. The van der Waals surface area contributed by atoms with Gasteiger partial charge in [-0.05, 0) is 24.8 Å². The summed E-state index contributed by atoms with van der Waals surface area (Å²) in [6, 6.07) is 11.5. The number of amides is 1. The summed E-state index contributed by atoms with van der Waals surface area (Å²) in [5.74, 6) is -2.10. The highest BCUT2D eigenvalue weighted by Gasteiger charge is 2.29. The van der Waals surface area contributed by atoms with Crippen LogP contribution >= 0.6 is 0 Å². The van der Waals surface area contributed by atoms with Crippen LogP contribution in [0.25, 0.3) is 0 Å². The van der Waals surface area contributed by atoms with Crippen molar-refractivity contribution in [2.24, 2.45) is 5.92 Å². The molecule has 5 heteroatoms. The molecule has 0 unspecified atom stereocenters. The standard InChI is InChI=1S/C17H20N2O3/c18-12-15(16(20)11-14-7-4-10-22-14)17(21)19-9-8-13-5-2-1-3-6-13/h1-3,5-6,14-15H,4,7-11H2,(H,19,21)/t14-,15+/m0/s1. The van der Waals surface area contributed by atoms with E-state index in [1.54, 1.807) is 0 Å². The highest BCUT2D eigenvalue weighted by atomic mass is 16.5. The second-order valence-corrected chi connectivity index (χ2v) is 5.39. The van der Waals surface area contributed by atoms with Crippen LogP contribution in [0.3, 0.4) is 0 Å². The smallest absolute Gasteiger partial charge is 0.245 e. The third kappa shape index (κ3) is 4.68. The van der Waals surface area contributed by atoms with Crippen LogP contribution in [0.1, 0.15) is 24.8 Å². The molecule has 0 aromatic heterocycles. The average molecular weight is 300 g/mol. The molecule has 0 bridgehead atoms. The van der Waals surface area contributed by atoms with E-state index in [4.69, 9.17) is 10.00 Å². The van der Waals surface area contributed by atoms with E-state index in [1.807, 2.05) is 36.4 Å². The summed E-state index contributed by atoms with van der Waals surface area (Å²) in [5, 5.41) is 11.7. The van der Waals surface area contributed by atoms with Crippen LogP contribution in [0.2, 0.25) is 0 Å². The highest BCUT2D eigenvalue weighted by Crippen LogP contribution is 2.17. The molecule has 1 aliphatic rings. The topological polar surface area (TPSA) is 79.2 Å². The Morgan fingerprint density at radius 3 is 2.77 bits per heavy atom. The molecule has 1 aromatic rings. The van der Waals surface area contributed by atoms with Crippen molar-refractivity contribution in [1.29, 1.82) is 5.26 Å². The quantitative estimate of drug-likeness (QED) is 0.776. The Labute approximate surface area is 130 Å². The normalized spacial score (nSPS) is 18.4. The van der Waals surface area contributed by atoms with Crippen LogP contribution in [0, 0.1) is 17.2 Å². The average Bonchev–Trinajstić information content (AvgIpc) is 3.02. The van der Waals surface area contributed by atoms with Gasteiger partial charge in [0.25, 0.3) is 0 Å². The van der Waals surface area contributed by atoms with E-state index in [2.05, 4.69) is 5.32 Å². The molecule has 116 valence electrons. The number of nitrogens with zero attached hydrogens (tertiary/aromatic N) is 1. The van der Waals surface area contributed by atoms with Gasteiger partial charge in [0.1, 0.15) is 0 Å². The largest absolute Gasteiger partial charge is 0.378 e. The summed E-state index contributed by atoms with van der Waals surface area (Å²) in [4.78, 5) is 24.0. The Morgan fingerprint density at radius 1 is 1.36 bits per heavy atom. The Hall–Kier alpha value is -2.19. The van der Waals surface area contributed by atoms with Gasteiger partial charge < -0.3 is 10.1 Å². The molecule has 2 atom stereocenters. The van der Waals surface area contributed by atoms with Gasteiger partial charge in [-0.1, -0.05) is 30.3 Å². The molecule has 0 spiro atoms. The molecule has 2 rings (SSSR count). The van der Waals surface area contributed by atoms with E-state index in [9.17, 15) is 9.59 Å². The molecule has 1 saturated heterocycles. The van der Waals surface area contributed by atoms with E-state index >= 15 is 0 Å². The van der Waals surface area contributed by atoms with Crippen LogP contribution < -0.4 is 5.32 Å². The molecule has 1 aliphatic heterocycles. The first-order valence-electron chi connectivity index (χ1n) is 7.56. The summed E-state index contributed by atoms with van der Waals surface area (Å²) < 4.78 is 5.38. The van der Waals surface area contributed by atoms with Crippen molar-refractivity contribution >= 4 is 11.7 Å². The summed E-state index contributed by atoms with van der Waals surface area (Å²) >= 11 is 0. The molecule has 1 amide bonds. The van der Waals surface area contributed by atoms with Gasteiger partial charge in [-0.15, -0.1) is 0 Å². The number of benzene rings is 1. The zero-order valence-corrected chi connectivity index (χ0v) is 12.5. The van der Waals surface area contributed by atoms with Crippen LogP contribution in [0.4, 0.5) is 0 Å². The maximum absolute atomic E-state index is 12.0. The monoisotopic (exact) mass is 300 g/mol. The van der Waals surface area contributed by atoms with Crippen molar-refractivity contribution in [3.8, 4) is 6.07 Å². The molecule has 22 heavy (non-hydrogen) atoms. The number of ether oxygens (including phenoxy) is 1. The van der Waals surface area contributed by atoms with Gasteiger partial charge in [0.15, 0.2) is 11.7 Å². The predicted octanol–water partition coefficient (Wildman–Crippen LogP) is 1.62.